The molecule has 0 saturated heterocycles. The van der Waals surface area contributed by atoms with Crippen LogP contribution in [-0.2, 0) is 17.9 Å². The maximum Gasteiger partial charge on any atom is 0.271 e. The Morgan fingerprint density at radius 1 is 1.06 bits per heavy atom. The molecule has 0 unspecified atom stereocenters. The lowest BCUT2D eigenvalue weighted by Crippen LogP contribution is -2.64. The molecule has 0 bridgehead atoms. The third kappa shape index (κ3) is 3.93. The summed E-state index contributed by atoms with van der Waals surface area (Å²) in [6, 6.07) is 13.8. The predicted molar refractivity (Wildman–Crippen MR) is 135 cm³/mol. The van der Waals surface area contributed by atoms with E-state index in [4.69, 9.17) is 9.47 Å². The Morgan fingerprint density at radius 3 is 2.37 bits per heavy atom. The Kier molecular flexibility index (Phi) is 5.95. The molecule has 1 saturated carbocycles. The van der Waals surface area contributed by atoms with E-state index < -0.39 is 5.54 Å². The third-order valence-electron chi connectivity index (χ3n) is 7.59. The fourth-order valence-electron chi connectivity index (χ4n) is 5.49. The number of rotatable bonds is 6. The summed E-state index contributed by atoms with van der Waals surface area (Å²) in [6.07, 6.45) is 4.21. The van der Waals surface area contributed by atoms with Crippen LogP contribution in [0.2, 0.25) is 0 Å². The molecule has 184 valence electrons. The highest BCUT2D eigenvalue weighted by Crippen LogP contribution is 2.40. The molecule has 5 rings (SSSR count). The van der Waals surface area contributed by atoms with Gasteiger partial charge in [-0.05, 0) is 50.5 Å². The molecule has 2 aromatic carbocycles. The van der Waals surface area contributed by atoms with E-state index in [0.29, 0.717) is 30.3 Å². The lowest BCUT2D eigenvalue weighted by molar-refractivity contribution is -0.133. The van der Waals surface area contributed by atoms with Crippen molar-refractivity contribution < 1.29 is 19.1 Å². The first-order valence-corrected chi connectivity index (χ1v) is 12.3. The van der Waals surface area contributed by atoms with Crippen molar-refractivity contribution in [2.75, 3.05) is 14.2 Å². The first-order valence-electron chi connectivity index (χ1n) is 12.3. The van der Waals surface area contributed by atoms with Gasteiger partial charge in [0.1, 0.15) is 22.7 Å². The van der Waals surface area contributed by atoms with E-state index in [0.717, 1.165) is 47.7 Å². The number of methoxy groups -OCH3 is 2. The van der Waals surface area contributed by atoms with E-state index >= 15 is 0 Å². The van der Waals surface area contributed by atoms with Gasteiger partial charge in [-0.3, -0.25) is 9.59 Å². The number of carbonyl (C=O) groups is 2. The zero-order chi connectivity index (χ0) is 24.7. The van der Waals surface area contributed by atoms with Gasteiger partial charge in [0.05, 0.1) is 26.3 Å². The van der Waals surface area contributed by atoms with E-state index in [9.17, 15) is 9.59 Å². The summed E-state index contributed by atoms with van der Waals surface area (Å²) < 4.78 is 13.2. The zero-order valence-electron chi connectivity index (χ0n) is 20.9. The smallest absolute Gasteiger partial charge is 0.271 e. The van der Waals surface area contributed by atoms with Gasteiger partial charge in [0.15, 0.2) is 0 Å². The molecule has 7 nitrogen and oxygen atoms in total. The van der Waals surface area contributed by atoms with Crippen LogP contribution >= 0.6 is 0 Å². The quantitative estimate of drug-likeness (QED) is 0.572. The molecule has 1 aliphatic heterocycles. The molecular formula is C28H33N3O4. The van der Waals surface area contributed by atoms with Crippen LogP contribution in [0.25, 0.3) is 10.9 Å². The SMILES string of the molecule is COc1ccc(OC)c2c1cc1n2C[C@@](C)(C(=O)NC2CCCC2)N(Cc2ccc(C)cc2)C1=O. The second-order valence-corrected chi connectivity index (χ2v) is 9.95. The summed E-state index contributed by atoms with van der Waals surface area (Å²) >= 11 is 0. The average Bonchev–Trinajstić information content (AvgIpc) is 3.50. The highest BCUT2D eigenvalue weighted by molar-refractivity contribution is 6.05. The fourth-order valence-corrected chi connectivity index (χ4v) is 5.49. The predicted octanol–water partition coefficient (Wildman–Crippen LogP) is 4.44. The van der Waals surface area contributed by atoms with E-state index in [-0.39, 0.29) is 17.9 Å². The number of benzene rings is 2. The Balaban J connectivity index is 1.63. The molecule has 1 aliphatic carbocycles. The number of amides is 2. The molecule has 0 spiro atoms. The first-order chi connectivity index (χ1) is 16.9. The van der Waals surface area contributed by atoms with E-state index in [1.54, 1.807) is 19.1 Å². The average molecular weight is 476 g/mol. The maximum atomic E-state index is 14.1. The van der Waals surface area contributed by atoms with Crippen molar-refractivity contribution in [1.82, 2.24) is 14.8 Å². The van der Waals surface area contributed by atoms with Crippen LogP contribution in [-0.4, -0.2) is 47.1 Å². The minimum atomic E-state index is -1.07. The van der Waals surface area contributed by atoms with Gasteiger partial charge < -0.3 is 24.3 Å². The van der Waals surface area contributed by atoms with Gasteiger partial charge in [0.2, 0.25) is 5.91 Å². The number of nitrogens with one attached hydrogen (secondary N) is 1. The highest BCUT2D eigenvalue weighted by Gasteiger charge is 2.48. The van der Waals surface area contributed by atoms with Crippen molar-refractivity contribution in [3.05, 3.63) is 59.3 Å². The Hall–Kier alpha value is -3.48. The largest absolute Gasteiger partial charge is 0.496 e. The maximum absolute atomic E-state index is 14.1. The van der Waals surface area contributed by atoms with Crippen molar-refractivity contribution in [3.8, 4) is 11.5 Å². The summed E-state index contributed by atoms with van der Waals surface area (Å²) in [7, 11) is 3.23. The van der Waals surface area contributed by atoms with Gasteiger partial charge in [0, 0.05) is 18.0 Å². The van der Waals surface area contributed by atoms with Crippen LogP contribution in [0.3, 0.4) is 0 Å². The lowest BCUT2D eigenvalue weighted by atomic mass is 9.93. The van der Waals surface area contributed by atoms with Gasteiger partial charge in [-0.15, -0.1) is 0 Å². The van der Waals surface area contributed by atoms with Crippen LogP contribution in [0.1, 0.15) is 54.2 Å². The number of hydrogen-bond acceptors (Lipinski definition) is 4. The molecule has 0 radical (unpaired) electrons. The monoisotopic (exact) mass is 475 g/mol. The van der Waals surface area contributed by atoms with E-state index in [1.165, 1.54) is 0 Å². The molecule has 1 fully saturated rings. The molecule has 1 atom stereocenters. The Bertz CT molecular complexity index is 1270. The molecule has 1 N–H and O–H groups in total. The van der Waals surface area contributed by atoms with Crippen molar-refractivity contribution in [3.63, 3.8) is 0 Å². The number of aryl methyl sites for hydroxylation is 1. The van der Waals surface area contributed by atoms with Gasteiger partial charge in [-0.1, -0.05) is 42.7 Å². The molecule has 7 heteroatoms. The van der Waals surface area contributed by atoms with Crippen LogP contribution < -0.4 is 14.8 Å². The second-order valence-electron chi connectivity index (χ2n) is 9.95. The molecule has 3 aromatic rings. The number of carbonyl (C=O) groups excluding carboxylic acids is 2. The molecule has 2 amide bonds. The summed E-state index contributed by atoms with van der Waals surface area (Å²) in [4.78, 5) is 29.6. The van der Waals surface area contributed by atoms with Crippen LogP contribution in [0.4, 0.5) is 0 Å². The first kappa shape index (κ1) is 23.3. The Morgan fingerprint density at radius 2 is 1.71 bits per heavy atom. The molecule has 2 heterocycles. The van der Waals surface area contributed by atoms with Crippen molar-refractivity contribution in [1.29, 1.82) is 0 Å². The topological polar surface area (TPSA) is 72.8 Å². The molecule has 1 aromatic heterocycles. The van der Waals surface area contributed by atoms with E-state index in [2.05, 4.69) is 5.32 Å². The third-order valence-corrected chi connectivity index (χ3v) is 7.59. The summed E-state index contributed by atoms with van der Waals surface area (Å²) in [5.41, 5.74) is 2.37. The summed E-state index contributed by atoms with van der Waals surface area (Å²) in [6.45, 7) is 4.59. The van der Waals surface area contributed by atoms with E-state index in [1.807, 2.05) is 60.9 Å². The van der Waals surface area contributed by atoms with Crippen molar-refractivity contribution >= 4 is 22.7 Å². The number of nitrogens with zero attached hydrogens (tertiary/aromatic N) is 2. The second kappa shape index (κ2) is 8.95. The number of hydrogen-bond donors (Lipinski definition) is 1. The van der Waals surface area contributed by atoms with Crippen LogP contribution in [0.5, 0.6) is 11.5 Å². The zero-order valence-corrected chi connectivity index (χ0v) is 20.9. The number of aromatic nitrogens is 1. The normalized spacial score (nSPS) is 20.2. The minimum Gasteiger partial charge on any atom is -0.496 e. The fraction of sp³-hybridized carbons (Fsp3) is 0.429. The minimum absolute atomic E-state index is 0.112. The summed E-state index contributed by atoms with van der Waals surface area (Å²) in [5, 5.41) is 4.05. The van der Waals surface area contributed by atoms with Gasteiger partial charge in [-0.25, -0.2) is 0 Å². The molecule has 35 heavy (non-hydrogen) atoms. The van der Waals surface area contributed by atoms with Crippen LogP contribution in [0.15, 0.2) is 42.5 Å². The van der Waals surface area contributed by atoms with Crippen LogP contribution in [0, 0.1) is 6.92 Å². The molecular weight excluding hydrogens is 442 g/mol. The highest BCUT2D eigenvalue weighted by atomic mass is 16.5. The number of fused-ring (bicyclic) bond motifs is 3. The van der Waals surface area contributed by atoms with Gasteiger partial charge in [0.25, 0.3) is 5.91 Å². The summed E-state index contributed by atoms with van der Waals surface area (Å²) in [5.74, 6) is 1.02. The molecule has 2 aliphatic rings. The van der Waals surface area contributed by atoms with Crippen molar-refractivity contribution in [2.45, 2.75) is 64.2 Å². The van der Waals surface area contributed by atoms with Gasteiger partial charge in [-0.2, -0.15) is 0 Å². The van der Waals surface area contributed by atoms with Gasteiger partial charge >= 0.3 is 0 Å². The lowest BCUT2D eigenvalue weighted by Gasteiger charge is -2.44. The number of ether oxygens (including phenoxy) is 2. The standard InChI is InChI=1S/C28H33N3O4/c1-18-9-11-19(12-10-18)16-31-26(32)22-15-21-23(34-3)13-14-24(35-4)25(21)30(22)17-28(31,2)27(33)29-20-7-5-6-8-20/h9-15,20H,5-8,16-17H2,1-4H3,(H,29,33)/t28-/m0/s1. The van der Waals surface area contributed by atoms with Crippen molar-refractivity contribution in [2.24, 2.45) is 0 Å². The Labute approximate surface area is 206 Å².